The molecule has 3 heteroatoms. The van der Waals surface area contributed by atoms with Gasteiger partial charge in [-0.15, -0.1) is 0 Å². The van der Waals surface area contributed by atoms with Crippen LogP contribution in [-0.2, 0) is 6.54 Å². The van der Waals surface area contributed by atoms with E-state index in [0.717, 1.165) is 24.3 Å². The van der Waals surface area contributed by atoms with Crippen molar-refractivity contribution in [2.45, 2.75) is 39.8 Å². The normalized spacial score (nSPS) is 13.5. The fraction of sp³-hybridized carbons (Fsp3) is 0.500. The molecule has 92 valence electrons. The smallest absolute Gasteiger partial charge is 0.126 e. The summed E-state index contributed by atoms with van der Waals surface area (Å²) < 4.78 is 2.26. The van der Waals surface area contributed by atoms with Crippen LogP contribution in [-0.4, -0.2) is 9.55 Å². The van der Waals surface area contributed by atoms with E-state index in [-0.39, 0.29) is 6.04 Å². The van der Waals surface area contributed by atoms with Gasteiger partial charge in [-0.3, -0.25) is 0 Å². The first-order valence-electron chi connectivity index (χ1n) is 6.30. The minimum absolute atomic E-state index is 0.0189. The number of aryl methyl sites for hydroxylation is 1. The molecule has 1 aromatic carbocycles. The lowest BCUT2D eigenvalue weighted by atomic mass is 10.1. The van der Waals surface area contributed by atoms with E-state index < -0.39 is 0 Å². The van der Waals surface area contributed by atoms with Crippen LogP contribution in [0.15, 0.2) is 24.3 Å². The van der Waals surface area contributed by atoms with Gasteiger partial charge in [0.15, 0.2) is 0 Å². The Kier molecular flexibility index (Phi) is 3.48. The number of aromatic nitrogens is 2. The average molecular weight is 231 g/mol. The lowest BCUT2D eigenvalue weighted by Gasteiger charge is -2.12. The molecular weight excluding hydrogens is 210 g/mol. The monoisotopic (exact) mass is 231 g/mol. The fourth-order valence-corrected chi connectivity index (χ4v) is 2.06. The Hall–Kier alpha value is -1.35. The minimum atomic E-state index is -0.0189. The van der Waals surface area contributed by atoms with E-state index in [4.69, 9.17) is 5.73 Å². The van der Waals surface area contributed by atoms with Crippen molar-refractivity contribution < 1.29 is 0 Å². The first-order valence-corrected chi connectivity index (χ1v) is 6.30. The van der Waals surface area contributed by atoms with Crippen molar-refractivity contribution >= 4 is 11.0 Å². The number of imidazole rings is 1. The zero-order valence-electron chi connectivity index (χ0n) is 10.9. The van der Waals surface area contributed by atoms with Crippen molar-refractivity contribution in [3.8, 4) is 0 Å². The van der Waals surface area contributed by atoms with Crippen LogP contribution in [0.5, 0.6) is 0 Å². The SMILES string of the molecule is CC(C)CCn1c(C(C)N)nc2ccccc21. The average Bonchev–Trinajstić information content (AvgIpc) is 2.65. The molecule has 17 heavy (non-hydrogen) atoms. The summed E-state index contributed by atoms with van der Waals surface area (Å²) in [5.41, 5.74) is 8.24. The highest BCUT2D eigenvalue weighted by Crippen LogP contribution is 2.20. The van der Waals surface area contributed by atoms with E-state index in [1.807, 2.05) is 19.1 Å². The molecule has 1 atom stereocenters. The summed E-state index contributed by atoms with van der Waals surface area (Å²) in [6, 6.07) is 8.23. The lowest BCUT2D eigenvalue weighted by molar-refractivity contribution is 0.503. The predicted molar refractivity (Wildman–Crippen MR) is 71.8 cm³/mol. The highest BCUT2D eigenvalue weighted by Gasteiger charge is 2.13. The zero-order valence-corrected chi connectivity index (χ0v) is 10.9. The van der Waals surface area contributed by atoms with Gasteiger partial charge in [0.05, 0.1) is 17.1 Å². The van der Waals surface area contributed by atoms with Crippen molar-refractivity contribution in [3.05, 3.63) is 30.1 Å². The van der Waals surface area contributed by atoms with Gasteiger partial charge in [-0.2, -0.15) is 0 Å². The zero-order chi connectivity index (χ0) is 12.4. The molecule has 0 saturated heterocycles. The van der Waals surface area contributed by atoms with Crippen LogP contribution in [0.4, 0.5) is 0 Å². The summed E-state index contributed by atoms with van der Waals surface area (Å²) in [4.78, 5) is 4.63. The van der Waals surface area contributed by atoms with Gasteiger partial charge in [0.1, 0.15) is 5.82 Å². The Bertz CT molecular complexity index is 497. The molecule has 1 unspecified atom stereocenters. The second kappa shape index (κ2) is 4.88. The molecule has 0 aliphatic heterocycles. The predicted octanol–water partition coefficient (Wildman–Crippen LogP) is 3.10. The molecular formula is C14H21N3. The van der Waals surface area contributed by atoms with Gasteiger partial charge in [-0.05, 0) is 31.4 Å². The lowest BCUT2D eigenvalue weighted by Crippen LogP contribution is -2.14. The van der Waals surface area contributed by atoms with Gasteiger partial charge in [-0.25, -0.2) is 4.98 Å². The minimum Gasteiger partial charge on any atom is -0.327 e. The number of hydrogen-bond donors (Lipinski definition) is 1. The number of fused-ring (bicyclic) bond motifs is 1. The van der Waals surface area contributed by atoms with E-state index in [1.165, 1.54) is 5.52 Å². The maximum absolute atomic E-state index is 6.00. The van der Waals surface area contributed by atoms with E-state index in [2.05, 4.69) is 35.5 Å². The molecule has 0 aliphatic carbocycles. The van der Waals surface area contributed by atoms with Gasteiger partial charge in [0.2, 0.25) is 0 Å². The summed E-state index contributed by atoms with van der Waals surface area (Å²) in [7, 11) is 0. The van der Waals surface area contributed by atoms with Gasteiger partial charge >= 0.3 is 0 Å². The van der Waals surface area contributed by atoms with Gasteiger partial charge in [-0.1, -0.05) is 26.0 Å². The molecule has 2 aromatic rings. The summed E-state index contributed by atoms with van der Waals surface area (Å²) >= 11 is 0. The highest BCUT2D eigenvalue weighted by molar-refractivity contribution is 5.76. The van der Waals surface area contributed by atoms with Crippen molar-refractivity contribution in [1.29, 1.82) is 0 Å². The van der Waals surface area contributed by atoms with Gasteiger partial charge in [0.25, 0.3) is 0 Å². The molecule has 0 spiro atoms. The number of benzene rings is 1. The van der Waals surface area contributed by atoms with Gasteiger partial charge in [0, 0.05) is 6.54 Å². The summed E-state index contributed by atoms with van der Waals surface area (Å²) in [5.74, 6) is 1.68. The third-order valence-corrected chi connectivity index (χ3v) is 3.02. The summed E-state index contributed by atoms with van der Waals surface area (Å²) in [5, 5.41) is 0. The standard InChI is InChI=1S/C14H21N3/c1-10(2)8-9-17-13-7-5-4-6-12(13)16-14(17)11(3)15/h4-7,10-11H,8-9,15H2,1-3H3. The molecule has 0 aliphatic rings. The first kappa shape index (κ1) is 12.1. The summed E-state index contributed by atoms with van der Waals surface area (Å²) in [6.07, 6.45) is 1.15. The van der Waals surface area contributed by atoms with E-state index in [1.54, 1.807) is 0 Å². The Labute approximate surface area is 103 Å². The van der Waals surface area contributed by atoms with E-state index >= 15 is 0 Å². The van der Waals surface area contributed by atoms with Crippen molar-refractivity contribution in [1.82, 2.24) is 9.55 Å². The number of rotatable bonds is 4. The molecule has 2 N–H and O–H groups in total. The molecule has 1 aromatic heterocycles. The van der Waals surface area contributed by atoms with Crippen molar-refractivity contribution in [3.63, 3.8) is 0 Å². The molecule has 0 fully saturated rings. The molecule has 0 radical (unpaired) electrons. The van der Waals surface area contributed by atoms with Crippen LogP contribution in [0.2, 0.25) is 0 Å². The summed E-state index contributed by atoms with van der Waals surface area (Å²) in [6.45, 7) is 7.47. The van der Waals surface area contributed by atoms with Crippen LogP contribution in [0.1, 0.15) is 39.1 Å². The van der Waals surface area contributed by atoms with Crippen molar-refractivity contribution in [2.75, 3.05) is 0 Å². The van der Waals surface area contributed by atoms with Crippen molar-refractivity contribution in [2.24, 2.45) is 11.7 Å². The molecule has 0 saturated carbocycles. The van der Waals surface area contributed by atoms with Crippen LogP contribution in [0.3, 0.4) is 0 Å². The van der Waals surface area contributed by atoms with E-state index in [0.29, 0.717) is 5.92 Å². The quantitative estimate of drug-likeness (QED) is 0.878. The molecule has 3 nitrogen and oxygen atoms in total. The largest absolute Gasteiger partial charge is 0.327 e. The first-order chi connectivity index (χ1) is 8.09. The second-order valence-electron chi connectivity index (χ2n) is 5.08. The number of para-hydroxylation sites is 2. The molecule has 2 rings (SSSR count). The van der Waals surface area contributed by atoms with Crippen LogP contribution in [0, 0.1) is 5.92 Å². The third-order valence-electron chi connectivity index (χ3n) is 3.02. The fourth-order valence-electron chi connectivity index (χ4n) is 2.06. The Morgan fingerprint density at radius 3 is 2.59 bits per heavy atom. The Morgan fingerprint density at radius 2 is 1.94 bits per heavy atom. The third kappa shape index (κ3) is 2.50. The number of nitrogens with zero attached hydrogens (tertiary/aromatic N) is 2. The van der Waals surface area contributed by atoms with E-state index in [9.17, 15) is 0 Å². The maximum atomic E-state index is 6.00. The Balaban J connectivity index is 2.44. The number of hydrogen-bond acceptors (Lipinski definition) is 2. The number of nitrogens with two attached hydrogens (primary N) is 1. The van der Waals surface area contributed by atoms with Crippen LogP contribution >= 0.6 is 0 Å². The molecule has 1 heterocycles. The molecule has 0 bridgehead atoms. The van der Waals surface area contributed by atoms with Gasteiger partial charge < -0.3 is 10.3 Å². The maximum Gasteiger partial charge on any atom is 0.126 e. The molecule has 0 amide bonds. The Morgan fingerprint density at radius 1 is 1.24 bits per heavy atom. The second-order valence-corrected chi connectivity index (χ2v) is 5.08. The van der Waals surface area contributed by atoms with Crippen LogP contribution in [0.25, 0.3) is 11.0 Å². The highest BCUT2D eigenvalue weighted by atomic mass is 15.1. The van der Waals surface area contributed by atoms with Crippen LogP contribution < -0.4 is 5.73 Å². The topological polar surface area (TPSA) is 43.8 Å².